The largest absolute Gasteiger partial charge is 0.310 e. The number of rotatable bonds is 8. The Labute approximate surface area is 262 Å². The Morgan fingerprint density at radius 2 is 1.11 bits per heavy atom. The van der Waals surface area contributed by atoms with Gasteiger partial charge in [0, 0.05) is 17.1 Å². The summed E-state index contributed by atoms with van der Waals surface area (Å²) in [7, 11) is 0. The average molecular weight is 570 g/mol. The molecule has 216 valence electrons. The van der Waals surface area contributed by atoms with Gasteiger partial charge in [-0.25, -0.2) is 0 Å². The van der Waals surface area contributed by atoms with E-state index in [0.717, 1.165) is 29.1 Å². The second kappa shape index (κ2) is 12.6. The Morgan fingerprint density at radius 1 is 0.636 bits per heavy atom. The Kier molecular flexibility index (Phi) is 8.30. The van der Waals surface area contributed by atoms with E-state index in [-0.39, 0.29) is 0 Å². The molecule has 0 saturated heterocycles. The topological polar surface area (TPSA) is 3.24 Å². The monoisotopic (exact) mass is 569 g/mol. The van der Waals surface area contributed by atoms with Gasteiger partial charge in [0.05, 0.1) is 0 Å². The van der Waals surface area contributed by atoms with Crippen molar-refractivity contribution in [2.75, 3.05) is 4.90 Å². The van der Waals surface area contributed by atoms with E-state index in [4.69, 9.17) is 0 Å². The number of aryl methyl sites for hydroxylation is 2. The predicted molar refractivity (Wildman–Crippen MR) is 193 cm³/mol. The molecule has 1 nitrogen and oxygen atoms in total. The van der Waals surface area contributed by atoms with E-state index in [1.807, 2.05) is 0 Å². The van der Waals surface area contributed by atoms with Crippen LogP contribution in [0.2, 0.25) is 0 Å². The van der Waals surface area contributed by atoms with Gasteiger partial charge in [0.15, 0.2) is 0 Å². The number of nitrogens with zero attached hydrogens (tertiary/aromatic N) is 1. The number of anilines is 2. The highest BCUT2D eigenvalue weighted by Gasteiger charge is 2.19. The van der Waals surface area contributed by atoms with Gasteiger partial charge in [0.25, 0.3) is 0 Å². The van der Waals surface area contributed by atoms with Gasteiger partial charge >= 0.3 is 0 Å². The Morgan fingerprint density at radius 3 is 1.59 bits per heavy atom. The van der Waals surface area contributed by atoms with Gasteiger partial charge in [-0.1, -0.05) is 140 Å². The lowest BCUT2D eigenvalue weighted by molar-refractivity contribution is 1.16. The molecule has 0 spiro atoms. The van der Waals surface area contributed by atoms with Crippen LogP contribution < -0.4 is 4.90 Å². The molecule has 0 aliphatic carbocycles. The first-order valence-electron chi connectivity index (χ1n) is 15.5. The first-order valence-corrected chi connectivity index (χ1v) is 15.5. The van der Waals surface area contributed by atoms with E-state index in [9.17, 15) is 0 Å². The van der Waals surface area contributed by atoms with Crippen LogP contribution in [-0.2, 0) is 0 Å². The third-order valence-corrected chi connectivity index (χ3v) is 8.49. The lowest BCUT2D eigenvalue weighted by Crippen LogP contribution is -2.17. The number of allylic oxidation sites excluding steroid dienone is 3. The van der Waals surface area contributed by atoms with Gasteiger partial charge in [-0.3, -0.25) is 0 Å². The van der Waals surface area contributed by atoms with Gasteiger partial charge in [0.1, 0.15) is 0 Å². The standard InChI is InChI=1S/C43H39N/c1-6-8-16-33(7-2)32(5)44(41-21-14-9-15-31(41)4)36-28-26-35(27-29-36)43-39-19-12-10-17-37(39)42(34-24-22-30(3)23-25-34)38-18-11-13-20-40(38)43/h7-29H,5-6H2,1-4H3/b16-8-,33-7+. The zero-order chi connectivity index (χ0) is 30.6. The van der Waals surface area contributed by atoms with E-state index in [2.05, 4.69) is 179 Å². The maximum absolute atomic E-state index is 4.59. The maximum atomic E-state index is 4.59. The van der Waals surface area contributed by atoms with E-state index >= 15 is 0 Å². The summed E-state index contributed by atoms with van der Waals surface area (Å²) in [6, 6.07) is 44.1. The second-order valence-electron chi connectivity index (χ2n) is 11.4. The third kappa shape index (κ3) is 5.38. The highest BCUT2D eigenvalue weighted by molar-refractivity contribution is 6.21. The summed E-state index contributed by atoms with van der Waals surface area (Å²) in [6.07, 6.45) is 7.49. The molecule has 0 radical (unpaired) electrons. The molecule has 0 amide bonds. The van der Waals surface area contributed by atoms with Crippen molar-refractivity contribution >= 4 is 32.9 Å². The van der Waals surface area contributed by atoms with Crippen molar-refractivity contribution in [3.63, 3.8) is 0 Å². The molecule has 6 rings (SSSR count). The highest BCUT2D eigenvalue weighted by atomic mass is 15.1. The molecule has 0 heterocycles. The van der Waals surface area contributed by atoms with Gasteiger partial charge in [-0.05, 0) is 100 Å². The molecule has 6 aromatic rings. The van der Waals surface area contributed by atoms with Gasteiger partial charge < -0.3 is 4.90 Å². The summed E-state index contributed by atoms with van der Waals surface area (Å²) in [5, 5.41) is 5.06. The van der Waals surface area contributed by atoms with Crippen LogP contribution >= 0.6 is 0 Å². The van der Waals surface area contributed by atoms with Gasteiger partial charge in [-0.2, -0.15) is 0 Å². The molecule has 0 saturated carbocycles. The third-order valence-electron chi connectivity index (χ3n) is 8.49. The zero-order valence-corrected chi connectivity index (χ0v) is 26.1. The number of para-hydroxylation sites is 1. The van der Waals surface area contributed by atoms with Crippen LogP contribution in [0.3, 0.4) is 0 Å². The molecular weight excluding hydrogens is 530 g/mol. The molecule has 0 atom stereocenters. The molecule has 0 N–H and O–H groups in total. The average Bonchev–Trinajstić information content (AvgIpc) is 3.06. The van der Waals surface area contributed by atoms with Gasteiger partial charge in [0.2, 0.25) is 0 Å². The number of benzene rings is 6. The zero-order valence-electron chi connectivity index (χ0n) is 26.1. The van der Waals surface area contributed by atoms with Crippen LogP contribution in [0.1, 0.15) is 31.4 Å². The maximum Gasteiger partial charge on any atom is 0.0490 e. The van der Waals surface area contributed by atoms with Crippen LogP contribution in [0, 0.1) is 13.8 Å². The van der Waals surface area contributed by atoms with Crippen LogP contribution in [0.5, 0.6) is 0 Å². The van der Waals surface area contributed by atoms with E-state index in [1.54, 1.807) is 0 Å². The molecule has 0 unspecified atom stereocenters. The van der Waals surface area contributed by atoms with Crippen LogP contribution in [-0.4, -0.2) is 0 Å². The minimum absolute atomic E-state index is 0.956. The fourth-order valence-electron chi connectivity index (χ4n) is 6.24. The van der Waals surface area contributed by atoms with E-state index in [0.29, 0.717) is 0 Å². The molecule has 0 aromatic heterocycles. The summed E-state index contributed by atoms with van der Waals surface area (Å²) in [6.45, 7) is 13.1. The fraction of sp³-hybridized carbons (Fsp3) is 0.116. The summed E-state index contributed by atoms with van der Waals surface area (Å²) >= 11 is 0. The summed E-state index contributed by atoms with van der Waals surface area (Å²) in [5.74, 6) is 0. The van der Waals surface area contributed by atoms with Crippen molar-refractivity contribution in [1.29, 1.82) is 0 Å². The molecule has 6 aromatic carbocycles. The van der Waals surface area contributed by atoms with Crippen molar-refractivity contribution in [3.05, 3.63) is 169 Å². The first-order chi connectivity index (χ1) is 21.5. The first kappa shape index (κ1) is 29.0. The van der Waals surface area contributed by atoms with Crippen molar-refractivity contribution in [2.45, 2.75) is 34.1 Å². The smallest absolute Gasteiger partial charge is 0.0490 e. The van der Waals surface area contributed by atoms with Crippen LogP contribution in [0.4, 0.5) is 11.4 Å². The van der Waals surface area contributed by atoms with Crippen molar-refractivity contribution in [1.82, 2.24) is 0 Å². The van der Waals surface area contributed by atoms with Crippen LogP contribution in [0.25, 0.3) is 43.8 Å². The molecule has 0 aliphatic rings. The number of fused-ring (bicyclic) bond motifs is 2. The molecule has 0 fully saturated rings. The van der Waals surface area contributed by atoms with Crippen LogP contribution in [0.15, 0.2) is 157 Å². The van der Waals surface area contributed by atoms with Crippen molar-refractivity contribution < 1.29 is 0 Å². The second-order valence-corrected chi connectivity index (χ2v) is 11.4. The molecule has 44 heavy (non-hydrogen) atoms. The molecule has 0 aliphatic heterocycles. The minimum Gasteiger partial charge on any atom is -0.310 e. The lowest BCUT2D eigenvalue weighted by atomic mass is 9.86. The summed E-state index contributed by atoms with van der Waals surface area (Å²) in [5.41, 5.74) is 11.8. The van der Waals surface area contributed by atoms with Crippen molar-refractivity contribution in [3.8, 4) is 22.3 Å². The predicted octanol–water partition coefficient (Wildman–Crippen LogP) is 12.5. The number of hydrogen-bond donors (Lipinski definition) is 0. The van der Waals surface area contributed by atoms with Gasteiger partial charge in [-0.15, -0.1) is 0 Å². The fourth-order valence-corrected chi connectivity index (χ4v) is 6.24. The minimum atomic E-state index is 0.956. The molecule has 0 bridgehead atoms. The van der Waals surface area contributed by atoms with E-state index < -0.39 is 0 Å². The molecule has 1 heteroatoms. The SMILES string of the molecule is C=C(C(/C=C\CC)=C/C)N(c1ccc(-c2c3ccccc3c(-c3ccc(C)cc3)c3ccccc23)cc1)c1ccccc1C. The normalized spacial score (nSPS) is 11.9. The Hall–Kier alpha value is -5.14. The summed E-state index contributed by atoms with van der Waals surface area (Å²) < 4.78 is 0. The quantitative estimate of drug-likeness (QED) is 0.130. The summed E-state index contributed by atoms with van der Waals surface area (Å²) in [4.78, 5) is 2.28. The molecular formula is C43H39N. The lowest BCUT2D eigenvalue weighted by Gasteiger charge is -2.29. The van der Waals surface area contributed by atoms with Crippen molar-refractivity contribution in [2.24, 2.45) is 0 Å². The highest BCUT2D eigenvalue weighted by Crippen LogP contribution is 2.44. The van der Waals surface area contributed by atoms with E-state index in [1.165, 1.54) is 54.9 Å². The Bertz CT molecular complexity index is 1960. The number of hydrogen-bond acceptors (Lipinski definition) is 1. The Balaban J connectivity index is 1.53.